The van der Waals surface area contributed by atoms with E-state index in [0.717, 1.165) is 30.4 Å². The Labute approximate surface area is 191 Å². The van der Waals surface area contributed by atoms with Crippen LogP contribution in [0.2, 0.25) is 0 Å². The van der Waals surface area contributed by atoms with Gasteiger partial charge in [0.1, 0.15) is 0 Å². The Morgan fingerprint density at radius 1 is 1.19 bits per heavy atom. The number of hydrazone groups is 1. The Morgan fingerprint density at radius 2 is 2.00 bits per heavy atom. The molecule has 0 atom stereocenters. The molecule has 0 spiro atoms. The van der Waals surface area contributed by atoms with Crippen molar-refractivity contribution < 1.29 is 18.3 Å². The van der Waals surface area contributed by atoms with Gasteiger partial charge in [0, 0.05) is 24.0 Å². The molecule has 0 unspecified atom stereocenters. The molecule has 2 heterocycles. The van der Waals surface area contributed by atoms with Crippen LogP contribution >= 0.6 is 11.3 Å². The van der Waals surface area contributed by atoms with E-state index in [1.807, 2.05) is 11.4 Å². The number of aromatic hydroxyl groups is 1. The molecule has 10 heteroatoms. The molecule has 1 aliphatic rings. The van der Waals surface area contributed by atoms with Gasteiger partial charge in [0.25, 0.3) is 0 Å². The van der Waals surface area contributed by atoms with Gasteiger partial charge in [0.05, 0.1) is 23.9 Å². The average molecular weight is 473 g/mol. The van der Waals surface area contributed by atoms with Crippen LogP contribution in [0.5, 0.6) is 11.5 Å². The molecule has 1 aliphatic heterocycles. The van der Waals surface area contributed by atoms with Gasteiger partial charge in [-0.1, -0.05) is 18.6 Å². The van der Waals surface area contributed by atoms with Crippen molar-refractivity contribution in [2.24, 2.45) is 5.10 Å². The molecule has 0 saturated carbocycles. The highest BCUT2D eigenvalue weighted by molar-refractivity contribution is 7.89. The summed E-state index contributed by atoms with van der Waals surface area (Å²) in [6.07, 6.45) is 4.47. The van der Waals surface area contributed by atoms with Gasteiger partial charge in [0.2, 0.25) is 15.2 Å². The summed E-state index contributed by atoms with van der Waals surface area (Å²) < 4.78 is 32.6. The van der Waals surface area contributed by atoms with Crippen LogP contribution in [0.15, 0.2) is 57.8 Å². The van der Waals surface area contributed by atoms with Crippen LogP contribution in [-0.4, -0.2) is 49.2 Å². The summed E-state index contributed by atoms with van der Waals surface area (Å²) in [6, 6.07) is 11.8. The minimum absolute atomic E-state index is 0.0618. The van der Waals surface area contributed by atoms with Crippen molar-refractivity contribution in [3.63, 3.8) is 0 Å². The normalized spacial score (nSPS) is 15.2. The van der Waals surface area contributed by atoms with E-state index >= 15 is 0 Å². The number of piperidine rings is 1. The van der Waals surface area contributed by atoms with E-state index in [2.05, 4.69) is 15.5 Å². The van der Waals surface area contributed by atoms with Crippen LogP contribution in [0, 0.1) is 0 Å². The van der Waals surface area contributed by atoms with E-state index in [1.165, 1.54) is 24.5 Å². The number of aromatic nitrogens is 1. The minimum Gasteiger partial charge on any atom is -0.504 e. The number of thiazole rings is 1. The number of phenolic OH excluding ortho intramolecular Hbond substituents is 1. The second-order valence-electron chi connectivity index (χ2n) is 7.33. The van der Waals surface area contributed by atoms with E-state index in [-0.39, 0.29) is 5.75 Å². The molecular weight excluding hydrogens is 448 g/mol. The van der Waals surface area contributed by atoms with Crippen molar-refractivity contribution in [2.45, 2.75) is 24.2 Å². The van der Waals surface area contributed by atoms with Gasteiger partial charge in [-0.2, -0.15) is 9.41 Å². The molecule has 2 N–H and O–H groups in total. The number of anilines is 1. The molecule has 4 rings (SSSR count). The molecular formula is C22H24N4O4S2. The summed E-state index contributed by atoms with van der Waals surface area (Å²) >= 11 is 1.37. The Balaban J connectivity index is 1.47. The largest absolute Gasteiger partial charge is 0.504 e. The number of methoxy groups -OCH3 is 1. The van der Waals surface area contributed by atoms with Crippen molar-refractivity contribution in [1.82, 2.24) is 9.29 Å². The molecule has 0 bridgehead atoms. The molecule has 3 aromatic rings. The topological polar surface area (TPSA) is 104 Å². The van der Waals surface area contributed by atoms with Gasteiger partial charge in [-0.05, 0) is 48.7 Å². The van der Waals surface area contributed by atoms with Crippen LogP contribution in [0.4, 0.5) is 5.13 Å². The van der Waals surface area contributed by atoms with Crippen LogP contribution in [0.1, 0.15) is 24.8 Å². The molecule has 8 nitrogen and oxygen atoms in total. The van der Waals surface area contributed by atoms with Crippen LogP contribution in [-0.2, 0) is 10.0 Å². The molecule has 32 heavy (non-hydrogen) atoms. The maximum atomic E-state index is 13.0. The van der Waals surface area contributed by atoms with Gasteiger partial charge >= 0.3 is 0 Å². The third kappa shape index (κ3) is 4.93. The Morgan fingerprint density at radius 3 is 2.78 bits per heavy atom. The van der Waals surface area contributed by atoms with Gasteiger partial charge in [-0.25, -0.2) is 13.4 Å². The second-order valence-corrected chi connectivity index (χ2v) is 10.1. The van der Waals surface area contributed by atoms with Crippen LogP contribution in [0.25, 0.3) is 11.3 Å². The number of rotatable bonds is 7. The molecule has 0 aliphatic carbocycles. The Bertz CT molecular complexity index is 1220. The number of hydrogen-bond donors (Lipinski definition) is 2. The number of nitrogens with one attached hydrogen (secondary N) is 1. The first-order chi connectivity index (χ1) is 15.5. The monoisotopic (exact) mass is 472 g/mol. The quantitative estimate of drug-likeness (QED) is 0.396. The summed E-state index contributed by atoms with van der Waals surface area (Å²) in [7, 11) is -2.01. The second kappa shape index (κ2) is 9.68. The fourth-order valence-electron chi connectivity index (χ4n) is 3.46. The van der Waals surface area contributed by atoms with E-state index in [9.17, 15) is 13.5 Å². The smallest absolute Gasteiger partial charge is 0.243 e. The predicted octanol–water partition coefficient (Wildman–Crippen LogP) is 4.14. The number of phenols is 1. The fourth-order valence-corrected chi connectivity index (χ4v) is 5.70. The number of benzene rings is 2. The Hall–Kier alpha value is -2.95. The lowest BCUT2D eigenvalue weighted by molar-refractivity contribution is 0.346. The van der Waals surface area contributed by atoms with Gasteiger partial charge in [-0.3, -0.25) is 5.43 Å². The van der Waals surface area contributed by atoms with Crippen LogP contribution in [0.3, 0.4) is 0 Å². The van der Waals surface area contributed by atoms with Crippen LogP contribution < -0.4 is 10.2 Å². The number of nitrogens with zero attached hydrogens (tertiary/aromatic N) is 3. The molecule has 2 aromatic carbocycles. The van der Waals surface area contributed by atoms with E-state index in [4.69, 9.17) is 4.74 Å². The predicted molar refractivity (Wildman–Crippen MR) is 126 cm³/mol. The zero-order valence-electron chi connectivity index (χ0n) is 17.6. The zero-order chi connectivity index (χ0) is 22.6. The molecule has 168 valence electrons. The molecule has 0 amide bonds. The van der Waals surface area contributed by atoms with E-state index in [0.29, 0.717) is 34.6 Å². The molecule has 0 radical (unpaired) electrons. The Kier molecular flexibility index (Phi) is 6.73. The molecule has 1 aromatic heterocycles. The highest BCUT2D eigenvalue weighted by Crippen LogP contribution is 2.29. The number of hydrogen-bond acceptors (Lipinski definition) is 8. The molecule has 1 fully saturated rings. The van der Waals surface area contributed by atoms with Gasteiger partial charge in [-0.15, -0.1) is 11.3 Å². The summed E-state index contributed by atoms with van der Waals surface area (Å²) in [5, 5.41) is 16.3. The zero-order valence-corrected chi connectivity index (χ0v) is 19.2. The first-order valence-corrected chi connectivity index (χ1v) is 12.5. The third-order valence-electron chi connectivity index (χ3n) is 5.16. The lowest BCUT2D eigenvalue weighted by Gasteiger charge is -2.26. The van der Waals surface area contributed by atoms with Crippen molar-refractivity contribution in [1.29, 1.82) is 0 Å². The number of sulfonamides is 1. The van der Waals surface area contributed by atoms with Crippen molar-refractivity contribution in [2.75, 3.05) is 25.6 Å². The van der Waals surface area contributed by atoms with Gasteiger partial charge in [0.15, 0.2) is 11.5 Å². The maximum Gasteiger partial charge on any atom is 0.243 e. The fraction of sp³-hybridized carbons (Fsp3) is 0.273. The highest BCUT2D eigenvalue weighted by Gasteiger charge is 2.26. The SMILES string of the molecule is COc1cc(/C=N/Nc2nc(-c3cccc(S(=O)(=O)N4CCCCC4)c3)cs2)ccc1O. The maximum absolute atomic E-state index is 13.0. The molecule has 1 saturated heterocycles. The summed E-state index contributed by atoms with van der Waals surface area (Å²) in [5.41, 5.74) is 5.04. The highest BCUT2D eigenvalue weighted by atomic mass is 32.2. The average Bonchev–Trinajstić information content (AvgIpc) is 3.30. The lowest BCUT2D eigenvalue weighted by Crippen LogP contribution is -2.35. The number of ether oxygens (including phenoxy) is 1. The summed E-state index contributed by atoms with van der Waals surface area (Å²) in [5.74, 6) is 0.427. The third-order valence-corrected chi connectivity index (χ3v) is 7.81. The van der Waals surface area contributed by atoms with Crippen molar-refractivity contribution in [3.05, 3.63) is 53.4 Å². The van der Waals surface area contributed by atoms with Crippen molar-refractivity contribution >= 4 is 32.7 Å². The van der Waals surface area contributed by atoms with Gasteiger partial charge < -0.3 is 9.84 Å². The summed E-state index contributed by atoms with van der Waals surface area (Å²) in [6.45, 7) is 1.14. The summed E-state index contributed by atoms with van der Waals surface area (Å²) in [4.78, 5) is 4.81. The van der Waals surface area contributed by atoms with E-state index < -0.39 is 10.0 Å². The first-order valence-electron chi connectivity index (χ1n) is 10.2. The van der Waals surface area contributed by atoms with E-state index in [1.54, 1.807) is 40.9 Å². The lowest BCUT2D eigenvalue weighted by atomic mass is 10.2. The standard InChI is InChI=1S/C22H24N4O4S2/c1-30-21-12-16(8-9-20(21)27)14-23-25-22-24-19(15-31-22)17-6-5-7-18(13-17)32(28,29)26-10-3-2-4-11-26/h5-9,12-15,27H,2-4,10-11H2,1H3,(H,24,25)/b23-14+. The van der Waals surface area contributed by atoms with Crippen molar-refractivity contribution in [3.8, 4) is 22.8 Å². The minimum atomic E-state index is -3.50. The first kappa shape index (κ1) is 22.3.